The Bertz CT molecular complexity index is 3760. The van der Waals surface area contributed by atoms with Gasteiger partial charge in [-0.3, -0.25) is 0 Å². The van der Waals surface area contributed by atoms with Gasteiger partial charge in [0.25, 0.3) is 0 Å². The zero-order valence-electron chi connectivity index (χ0n) is 39.2. The first kappa shape index (κ1) is 41.7. The number of nitrogens with one attached hydrogen (secondary N) is 2. The summed E-state index contributed by atoms with van der Waals surface area (Å²) in [5.41, 5.74) is 26.6. The lowest BCUT2D eigenvalue weighted by atomic mass is 9.92. The molecule has 0 atom stereocenters. The molecule has 2 aliphatic rings. The van der Waals surface area contributed by atoms with E-state index in [2.05, 4.69) is 157 Å². The SMILES string of the molecule is Cc1cc(C)c(-c2c3nc(c(-c4c(C)cc(C)cc4C)c4ccc([nH]4)c(-c4cccc5c4oc4c(C(=O)O)cccc45)c4nc(c(-c5c(C)cc(C)cc5C)c5ccc2[nH]5)C=C4)C=C3)c(C)c1. The summed E-state index contributed by atoms with van der Waals surface area (Å²) in [7, 11) is 0. The number of rotatable bonds is 5. The average Bonchev–Trinajstić information content (AvgIpc) is 4.13. The van der Waals surface area contributed by atoms with Crippen LogP contribution in [0.3, 0.4) is 0 Å². The summed E-state index contributed by atoms with van der Waals surface area (Å²) in [6.45, 7) is 19.5. The molecule has 67 heavy (non-hydrogen) atoms. The van der Waals surface area contributed by atoms with Gasteiger partial charge in [0, 0.05) is 60.7 Å². The van der Waals surface area contributed by atoms with Crippen molar-refractivity contribution in [2.75, 3.05) is 0 Å². The molecule has 0 amide bonds. The van der Waals surface area contributed by atoms with E-state index in [9.17, 15) is 9.90 Å². The number of benzene rings is 5. The molecule has 11 rings (SSSR count). The third kappa shape index (κ3) is 6.75. The Balaban J connectivity index is 1.36. The van der Waals surface area contributed by atoms with Crippen LogP contribution in [0.15, 0.2) is 101 Å². The number of H-pyrrole nitrogens is 2. The molecule has 0 radical (unpaired) electrons. The smallest absolute Gasteiger partial charge is 0.339 e. The summed E-state index contributed by atoms with van der Waals surface area (Å²) in [6.07, 6.45) is 8.54. The first-order valence-corrected chi connectivity index (χ1v) is 22.8. The highest BCUT2D eigenvalue weighted by molar-refractivity contribution is 6.16. The lowest BCUT2D eigenvalue weighted by Crippen LogP contribution is -1.96. The van der Waals surface area contributed by atoms with Crippen molar-refractivity contribution in [2.45, 2.75) is 62.3 Å². The Labute approximate surface area is 389 Å². The molecular formula is C60H50N4O3. The predicted octanol–water partition coefficient (Wildman–Crippen LogP) is 15.7. The van der Waals surface area contributed by atoms with Crippen LogP contribution in [-0.2, 0) is 0 Å². The summed E-state index contributed by atoms with van der Waals surface area (Å²) >= 11 is 0. The second-order valence-corrected chi connectivity index (χ2v) is 18.6. The molecule has 9 aromatic rings. The van der Waals surface area contributed by atoms with E-state index in [4.69, 9.17) is 14.4 Å². The molecule has 0 spiro atoms. The van der Waals surface area contributed by atoms with Crippen molar-refractivity contribution in [3.05, 3.63) is 175 Å². The molecule has 0 saturated carbocycles. The zero-order valence-corrected chi connectivity index (χ0v) is 39.2. The molecule has 0 unspecified atom stereocenters. The molecule has 6 heterocycles. The van der Waals surface area contributed by atoms with Gasteiger partial charge in [-0.2, -0.15) is 0 Å². The zero-order chi connectivity index (χ0) is 46.6. The number of carboxylic acid groups (broad SMARTS) is 1. The topological polar surface area (TPSA) is 108 Å². The van der Waals surface area contributed by atoms with Gasteiger partial charge in [-0.25, -0.2) is 14.8 Å². The molecule has 328 valence electrons. The molecule has 7 heteroatoms. The number of hydrogen-bond acceptors (Lipinski definition) is 4. The molecule has 8 bridgehead atoms. The lowest BCUT2D eigenvalue weighted by molar-refractivity contribution is 0.0698. The van der Waals surface area contributed by atoms with E-state index in [1.165, 1.54) is 27.8 Å². The highest BCUT2D eigenvalue weighted by atomic mass is 16.4. The van der Waals surface area contributed by atoms with Crippen molar-refractivity contribution in [2.24, 2.45) is 0 Å². The predicted molar refractivity (Wildman–Crippen MR) is 277 cm³/mol. The maximum absolute atomic E-state index is 12.5. The van der Waals surface area contributed by atoms with Crippen LogP contribution in [0.2, 0.25) is 0 Å². The first-order valence-electron chi connectivity index (χ1n) is 22.8. The van der Waals surface area contributed by atoms with Crippen LogP contribution in [0, 0.1) is 62.3 Å². The van der Waals surface area contributed by atoms with Crippen molar-refractivity contribution in [3.63, 3.8) is 0 Å². The molecule has 2 aliphatic heterocycles. The highest BCUT2D eigenvalue weighted by Gasteiger charge is 2.25. The number of hydrogen-bond donors (Lipinski definition) is 3. The second kappa shape index (κ2) is 15.6. The van der Waals surface area contributed by atoms with E-state index >= 15 is 0 Å². The van der Waals surface area contributed by atoms with Gasteiger partial charge in [0.2, 0.25) is 0 Å². The lowest BCUT2D eigenvalue weighted by Gasteiger charge is -2.14. The van der Waals surface area contributed by atoms with E-state index in [0.717, 1.165) is 122 Å². The monoisotopic (exact) mass is 874 g/mol. The number of aromatic amines is 2. The van der Waals surface area contributed by atoms with Crippen LogP contribution in [0.1, 0.15) is 83.2 Å². The second-order valence-electron chi connectivity index (χ2n) is 18.6. The molecule has 3 N–H and O–H groups in total. The fourth-order valence-corrected chi connectivity index (χ4v) is 11.2. The number of nitrogens with zero attached hydrogens (tertiary/aromatic N) is 2. The van der Waals surface area contributed by atoms with Crippen molar-refractivity contribution in [1.29, 1.82) is 0 Å². The molecule has 0 saturated heterocycles. The van der Waals surface area contributed by atoms with Gasteiger partial charge in [0.1, 0.15) is 16.7 Å². The van der Waals surface area contributed by atoms with Crippen LogP contribution in [0.25, 0.3) is 113 Å². The van der Waals surface area contributed by atoms with E-state index in [0.29, 0.717) is 11.2 Å². The van der Waals surface area contributed by atoms with Gasteiger partial charge in [-0.1, -0.05) is 83.4 Å². The number of para-hydroxylation sites is 2. The van der Waals surface area contributed by atoms with Crippen LogP contribution >= 0.6 is 0 Å². The van der Waals surface area contributed by atoms with E-state index in [1.54, 1.807) is 12.1 Å². The van der Waals surface area contributed by atoms with Crippen LogP contribution in [-0.4, -0.2) is 31.0 Å². The number of furan rings is 1. The maximum atomic E-state index is 12.5. The molecule has 7 nitrogen and oxygen atoms in total. The van der Waals surface area contributed by atoms with Gasteiger partial charge in [0.15, 0.2) is 0 Å². The largest absolute Gasteiger partial charge is 0.478 e. The molecule has 0 aliphatic carbocycles. The third-order valence-corrected chi connectivity index (χ3v) is 13.6. The number of fused-ring (bicyclic) bond motifs is 11. The third-order valence-electron chi connectivity index (χ3n) is 13.6. The molecular weight excluding hydrogens is 825 g/mol. The van der Waals surface area contributed by atoms with E-state index in [-0.39, 0.29) is 5.56 Å². The normalized spacial score (nSPS) is 12.3. The van der Waals surface area contributed by atoms with Gasteiger partial charge in [-0.05, 0) is 167 Å². The van der Waals surface area contributed by atoms with Crippen molar-refractivity contribution < 1.29 is 14.3 Å². The summed E-state index contributed by atoms with van der Waals surface area (Å²) in [5, 5.41) is 11.8. The minimum atomic E-state index is -1.04. The van der Waals surface area contributed by atoms with Crippen LogP contribution < -0.4 is 0 Å². The number of aromatic nitrogens is 4. The Hall–Kier alpha value is -8.03. The molecule has 4 aromatic heterocycles. The number of carboxylic acids is 1. The number of aromatic carboxylic acids is 1. The van der Waals surface area contributed by atoms with Gasteiger partial charge in [-0.15, -0.1) is 0 Å². The van der Waals surface area contributed by atoms with Gasteiger partial charge >= 0.3 is 5.97 Å². The summed E-state index contributed by atoms with van der Waals surface area (Å²) in [5.74, 6) is -1.04. The Morgan fingerprint density at radius 1 is 0.433 bits per heavy atom. The Kier molecular flexibility index (Phi) is 9.67. The van der Waals surface area contributed by atoms with Crippen molar-refractivity contribution in [3.8, 4) is 44.5 Å². The average molecular weight is 875 g/mol. The Morgan fingerprint density at radius 3 is 1.16 bits per heavy atom. The first-order chi connectivity index (χ1) is 32.2. The van der Waals surface area contributed by atoms with Crippen molar-refractivity contribution in [1.82, 2.24) is 19.9 Å². The summed E-state index contributed by atoms with van der Waals surface area (Å²) in [6, 6.07) is 33.5. The molecule has 5 aromatic carbocycles. The molecule has 0 fully saturated rings. The highest BCUT2D eigenvalue weighted by Crippen LogP contribution is 2.44. The fraction of sp³-hybridized carbons (Fsp3) is 0.150. The minimum absolute atomic E-state index is 0.115. The van der Waals surface area contributed by atoms with Crippen LogP contribution in [0.4, 0.5) is 0 Å². The Morgan fingerprint density at radius 2 is 0.776 bits per heavy atom. The van der Waals surface area contributed by atoms with E-state index in [1.807, 2.05) is 24.3 Å². The summed E-state index contributed by atoms with van der Waals surface area (Å²) in [4.78, 5) is 31.6. The maximum Gasteiger partial charge on any atom is 0.339 e. The standard InChI is InChI=1S/C60H50N4O3/c1-30-24-33(4)51(34(5)25-30)55-45-18-16-43(61-45)54(41-14-10-12-39-40-13-11-15-42(60(65)66)59(40)67-58(39)41)44-17-19-46(62-44)56(52-35(6)26-31(2)27-36(52)7)48-21-23-50(64-48)57(49-22-20-47(55)63-49)53-37(8)28-32(3)29-38(53)9/h10-29,61,64H,1-9H3,(H,65,66). The van der Waals surface area contributed by atoms with Gasteiger partial charge < -0.3 is 19.5 Å². The van der Waals surface area contributed by atoms with Crippen molar-refractivity contribution >= 4 is 74.3 Å². The fourth-order valence-electron chi connectivity index (χ4n) is 11.2. The summed E-state index contributed by atoms with van der Waals surface area (Å²) < 4.78 is 6.67. The quantitative estimate of drug-likeness (QED) is 0.160. The van der Waals surface area contributed by atoms with Gasteiger partial charge in [0.05, 0.1) is 22.8 Å². The number of carbonyl (C=O) groups is 1. The van der Waals surface area contributed by atoms with Crippen LogP contribution in [0.5, 0.6) is 0 Å². The van der Waals surface area contributed by atoms with E-state index < -0.39 is 5.97 Å². The minimum Gasteiger partial charge on any atom is -0.478 e. The number of aryl methyl sites for hydroxylation is 9.